The van der Waals surface area contributed by atoms with Crippen molar-refractivity contribution in [2.45, 2.75) is 45.2 Å². The molecule has 1 fully saturated rings. The number of hydrogen-bond donors (Lipinski definition) is 2. The maximum absolute atomic E-state index is 4.36. The van der Waals surface area contributed by atoms with Crippen molar-refractivity contribution >= 4 is 35.6 Å². The van der Waals surface area contributed by atoms with E-state index in [0.29, 0.717) is 0 Å². The van der Waals surface area contributed by atoms with Crippen LogP contribution in [-0.4, -0.2) is 56.7 Å². The average Bonchev–Trinajstić information content (AvgIpc) is 3.26. The molecule has 2 aliphatic rings. The predicted octanol–water partition coefficient (Wildman–Crippen LogP) is 3.61. The van der Waals surface area contributed by atoms with Crippen LogP contribution in [0.1, 0.15) is 38.2 Å². The van der Waals surface area contributed by atoms with Gasteiger partial charge in [-0.05, 0) is 43.5 Å². The van der Waals surface area contributed by atoms with E-state index in [2.05, 4.69) is 68.8 Å². The third-order valence-electron chi connectivity index (χ3n) is 5.72. The van der Waals surface area contributed by atoms with Crippen LogP contribution in [0, 0.1) is 0 Å². The Hall–Kier alpha value is -1.28. The van der Waals surface area contributed by atoms with Crippen molar-refractivity contribution in [2.24, 2.45) is 4.99 Å². The Balaban J connectivity index is 0.00000280. The van der Waals surface area contributed by atoms with Crippen LogP contribution < -0.4 is 15.5 Å². The molecule has 1 saturated heterocycles. The average molecular weight is 497 g/mol. The highest BCUT2D eigenvalue weighted by molar-refractivity contribution is 14.0. The molecule has 0 radical (unpaired) electrons. The second-order valence-electron chi connectivity index (χ2n) is 7.49. The molecule has 0 saturated carbocycles. The van der Waals surface area contributed by atoms with Crippen molar-refractivity contribution in [1.29, 1.82) is 0 Å². The topological polar surface area (TPSA) is 42.9 Å². The van der Waals surface area contributed by atoms with Crippen LogP contribution >= 0.6 is 24.0 Å². The van der Waals surface area contributed by atoms with Gasteiger partial charge in [-0.2, -0.15) is 0 Å². The van der Waals surface area contributed by atoms with Crippen LogP contribution in [0.2, 0.25) is 0 Å². The van der Waals surface area contributed by atoms with Crippen LogP contribution in [-0.2, 0) is 6.54 Å². The largest absolute Gasteiger partial charge is 0.364 e. The summed E-state index contributed by atoms with van der Waals surface area (Å²) in [7, 11) is 1.84. The molecule has 2 aliphatic heterocycles. The standard InChI is InChI=1S/C22H35N5.HI/c1-3-20-8-4-5-14-27(20)17-13-24-22(23-2)25-18-19-9-11-21(12-10-19)26-15-6-7-16-26;/h6-7,9-12,20H,3-5,8,13-18H2,1-2H3,(H2,23,24,25);1H. The highest BCUT2D eigenvalue weighted by Gasteiger charge is 2.19. The highest BCUT2D eigenvalue weighted by atomic mass is 127. The first kappa shape index (κ1) is 23.0. The molecular weight excluding hydrogens is 461 g/mol. The second-order valence-corrected chi connectivity index (χ2v) is 7.49. The number of halogens is 1. The first-order valence-electron chi connectivity index (χ1n) is 10.5. The van der Waals surface area contributed by atoms with Gasteiger partial charge in [0.25, 0.3) is 0 Å². The molecule has 2 heterocycles. The van der Waals surface area contributed by atoms with Crippen molar-refractivity contribution < 1.29 is 0 Å². The molecule has 156 valence electrons. The molecule has 0 aromatic heterocycles. The van der Waals surface area contributed by atoms with Crippen LogP contribution in [0.4, 0.5) is 5.69 Å². The van der Waals surface area contributed by atoms with Crippen LogP contribution in [0.5, 0.6) is 0 Å². The molecule has 3 rings (SSSR count). The van der Waals surface area contributed by atoms with E-state index in [4.69, 9.17) is 0 Å². The van der Waals surface area contributed by atoms with Crippen molar-refractivity contribution in [3.05, 3.63) is 42.0 Å². The maximum atomic E-state index is 4.36. The molecule has 5 nitrogen and oxygen atoms in total. The van der Waals surface area contributed by atoms with E-state index in [-0.39, 0.29) is 24.0 Å². The number of aliphatic imine (C=N–C) groups is 1. The minimum Gasteiger partial charge on any atom is -0.364 e. The number of nitrogens with one attached hydrogen (secondary N) is 2. The van der Waals surface area contributed by atoms with Gasteiger partial charge in [0.2, 0.25) is 0 Å². The number of likely N-dealkylation sites (tertiary alicyclic amines) is 1. The van der Waals surface area contributed by atoms with Crippen LogP contribution in [0.15, 0.2) is 41.4 Å². The Morgan fingerprint density at radius 3 is 2.54 bits per heavy atom. The van der Waals surface area contributed by atoms with Gasteiger partial charge >= 0.3 is 0 Å². The van der Waals surface area contributed by atoms with Crippen molar-refractivity contribution in [1.82, 2.24) is 15.5 Å². The summed E-state index contributed by atoms with van der Waals surface area (Å²) in [5.41, 5.74) is 2.56. The fraction of sp³-hybridized carbons (Fsp3) is 0.591. The summed E-state index contributed by atoms with van der Waals surface area (Å²) in [4.78, 5) is 9.36. The quantitative estimate of drug-likeness (QED) is 0.262. The maximum Gasteiger partial charge on any atom is 0.191 e. The van der Waals surface area contributed by atoms with Crippen molar-refractivity contribution in [3.63, 3.8) is 0 Å². The van der Waals surface area contributed by atoms with E-state index in [1.165, 1.54) is 43.5 Å². The van der Waals surface area contributed by atoms with Gasteiger partial charge in [-0.1, -0.05) is 37.6 Å². The third kappa shape index (κ3) is 6.65. The lowest BCUT2D eigenvalue weighted by Gasteiger charge is -2.35. The molecular formula is C22H36IN5. The van der Waals surface area contributed by atoms with E-state index in [1.54, 1.807) is 0 Å². The fourth-order valence-corrected chi connectivity index (χ4v) is 4.05. The Labute approximate surface area is 187 Å². The number of benzene rings is 1. The van der Waals surface area contributed by atoms with Gasteiger partial charge in [-0.3, -0.25) is 9.89 Å². The minimum absolute atomic E-state index is 0. The first-order valence-corrected chi connectivity index (χ1v) is 10.5. The molecule has 0 bridgehead atoms. The summed E-state index contributed by atoms with van der Waals surface area (Å²) >= 11 is 0. The van der Waals surface area contributed by atoms with E-state index in [0.717, 1.165) is 44.7 Å². The molecule has 1 atom stereocenters. The molecule has 1 aromatic rings. The smallest absolute Gasteiger partial charge is 0.191 e. The second kappa shape index (κ2) is 12.3. The first-order chi connectivity index (χ1) is 13.3. The Bertz CT molecular complexity index is 620. The number of nitrogens with zero attached hydrogens (tertiary/aromatic N) is 3. The van der Waals surface area contributed by atoms with Gasteiger partial charge in [-0.25, -0.2) is 0 Å². The molecule has 1 unspecified atom stereocenters. The Kier molecular flexibility index (Phi) is 10.1. The number of anilines is 1. The van der Waals surface area contributed by atoms with Gasteiger partial charge in [0.1, 0.15) is 0 Å². The summed E-state index contributed by atoms with van der Waals surface area (Å²) in [5, 5.41) is 6.90. The van der Waals surface area contributed by atoms with E-state index >= 15 is 0 Å². The summed E-state index contributed by atoms with van der Waals surface area (Å²) in [6.07, 6.45) is 9.78. The lowest BCUT2D eigenvalue weighted by Crippen LogP contribution is -2.45. The zero-order valence-corrected chi connectivity index (χ0v) is 19.7. The summed E-state index contributed by atoms with van der Waals surface area (Å²) < 4.78 is 0. The molecule has 28 heavy (non-hydrogen) atoms. The number of rotatable bonds is 7. The van der Waals surface area contributed by atoms with Crippen LogP contribution in [0.3, 0.4) is 0 Å². The molecule has 2 N–H and O–H groups in total. The summed E-state index contributed by atoms with van der Waals surface area (Å²) in [6, 6.07) is 9.59. The Morgan fingerprint density at radius 2 is 1.86 bits per heavy atom. The van der Waals surface area contributed by atoms with Gasteiger partial charge < -0.3 is 15.5 Å². The van der Waals surface area contributed by atoms with Crippen LogP contribution in [0.25, 0.3) is 0 Å². The van der Waals surface area contributed by atoms with Crippen molar-refractivity contribution in [2.75, 3.05) is 44.7 Å². The summed E-state index contributed by atoms with van der Waals surface area (Å²) in [5.74, 6) is 0.882. The fourth-order valence-electron chi connectivity index (χ4n) is 4.05. The normalized spacial score (nSPS) is 20.1. The lowest BCUT2D eigenvalue weighted by atomic mass is 10.0. The number of piperidine rings is 1. The molecule has 6 heteroatoms. The van der Waals surface area contributed by atoms with E-state index < -0.39 is 0 Å². The zero-order chi connectivity index (χ0) is 18.9. The number of guanidine groups is 1. The van der Waals surface area contributed by atoms with Gasteiger partial charge in [0, 0.05) is 51.5 Å². The Morgan fingerprint density at radius 1 is 1.11 bits per heavy atom. The third-order valence-corrected chi connectivity index (χ3v) is 5.72. The monoisotopic (exact) mass is 497 g/mol. The lowest BCUT2D eigenvalue weighted by molar-refractivity contribution is 0.147. The van der Waals surface area contributed by atoms with Gasteiger partial charge in [0.15, 0.2) is 5.96 Å². The zero-order valence-electron chi connectivity index (χ0n) is 17.4. The van der Waals surface area contributed by atoms with E-state index in [1.807, 2.05) is 7.05 Å². The van der Waals surface area contributed by atoms with E-state index in [9.17, 15) is 0 Å². The molecule has 1 aromatic carbocycles. The summed E-state index contributed by atoms with van der Waals surface area (Å²) in [6.45, 7) is 8.41. The molecule has 0 spiro atoms. The van der Waals surface area contributed by atoms with Gasteiger partial charge in [-0.15, -0.1) is 24.0 Å². The molecule has 0 aliphatic carbocycles. The molecule has 0 amide bonds. The highest BCUT2D eigenvalue weighted by Crippen LogP contribution is 2.19. The number of hydrogen-bond acceptors (Lipinski definition) is 3. The minimum atomic E-state index is 0. The van der Waals surface area contributed by atoms with Gasteiger partial charge in [0.05, 0.1) is 0 Å². The predicted molar refractivity (Wildman–Crippen MR) is 131 cm³/mol. The van der Waals surface area contributed by atoms with Crippen molar-refractivity contribution in [3.8, 4) is 0 Å². The SMILES string of the molecule is CCC1CCCCN1CCNC(=NC)NCc1ccc(N2CC=CC2)cc1.I.